The monoisotopic (exact) mass is 740 g/mol. The van der Waals surface area contributed by atoms with Crippen LogP contribution in [0.5, 0.6) is 0 Å². The lowest BCUT2D eigenvalue weighted by Crippen LogP contribution is -2.30. The van der Waals surface area contributed by atoms with Crippen molar-refractivity contribution < 1.29 is 14.4 Å². The molecule has 0 aliphatic heterocycles. The van der Waals surface area contributed by atoms with E-state index in [0.717, 1.165) is 10.5 Å². The van der Waals surface area contributed by atoms with E-state index >= 15 is 0 Å². The normalized spacial score (nSPS) is 11.9. The van der Waals surface area contributed by atoms with Crippen LogP contribution < -0.4 is 16.0 Å². The first-order valence-corrected chi connectivity index (χ1v) is 17.2. The van der Waals surface area contributed by atoms with Crippen LogP contribution in [0.15, 0.2) is 107 Å². The van der Waals surface area contributed by atoms with Crippen LogP contribution in [0.2, 0.25) is 20.1 Å². The Morgan fingerprint density at radius 3 is 2.32 bits per heavy atom. The van der Waals surface area contributed by atoms with E-state index in [1.165, 1.54) is 29.2 Å². The zero-order valence-corrected chi connectivity index (χ0v) is 29.0. The largest absolute Gasteiger partial charge is 0.321 e. The molecule has 0 radical (unpaired) electrons. The molecule has 3 N–H and O–H groups in total. The Balaban J connectivity index is 1.23. The van der Waals surface area contributed by atoms with E-state index in [9.17, 15) is 14.4 Å². The molecule has 5 aromatic rings. The number of thioether (sulfide) groups is 1. The van der Waals surface area contributed by atoms with Crippen LogP contribution in [0.1, 0.15) is 22.8 Å². The smallest absolute Gasteiger partial charge is 0.272 e. The second-order valence-electron chi connectivity index (χ2n) is 9.91. The topological polar surface area (TPSA) is 100 Å². The molecule has 1 aromatic heterocycles. The number of halogens is 4. The highest BCUT2D eigenvalue weighted by atomic mass is 35.5. The van der Waals surface area contributed by atoms with Crippen LogP contribution in [0, 0.1) is 0 Å². The van der Waals surface area contributed by atoms with Gasteiger partial charge in [0.1, 0.15) is 5.70 Å². The third-order valence-electron chi connectivity index (χ3n) is 6.55. The van der Waals surface area contributed by atoms with E-state index in [1.54, 1.807) is 97.9 Å². The molecule has 1 unspecified atom stereocenters. The number of rotatable bonds is 10. The minimum atomic E-state index is -0.568. The first-order valence-electron chi connectivity index (χ1n) is 13.9. The maximum Gasteiger partial charge on any atom is 0.272 e. The van der Waals surface area contributed by atoms with Gasteiger partial charge >= 0.3 is 0 Å². The van der Waals surface area contributed by atoms with Crippen LogP contribution >= 0.6 is 69.5 Å². The number of anilines is 2. The van der Waals surface area contributed by atoms with Crippen LogP contribution in [-0.4, -0.2) is 28.0 Å². The number of thiazole rings is 1. The summed E-state index contributed by atoms with van der Waals surface area (Å²) in [5.74, 6) is -1.26. The van der Waals surface area contributed by atoms with Crippen molar-refractivity contribution in [2.24, 2.45) is 0 Å². The van der Waals surface area contributed by atoms with Crippen LogP contribution in [-0.2, 0) is 9.59 Å². The number of amides is 3. The number of carbonyl (C=O) groups is 3. The maximum atomic E-state index is 13.4. The van der Waals surface area contributed by atoms with E-state index in [4.69, 9.17) is 46.4 Å². The zero-order chi connectivity index (χ0) is 33.5. The number of hydrogen-bond acceptors (Lipinski definition) is 6. The van der Waals surface area contributed by atoms with Gasteiger partial charge in [-0.25, -0.2) is 4.98 Å². The van der Waals surface area contributed by atoms with Gasteiger partial charge in [-0.1, -0.05) is 76.7 Å². The van der Waals surface area contributed by atoms with Gasteiger partial charge in [0, 0.05) is 32.1 Å². The Labute approximate surface area is 299 Å². The third-order valence-corrected chi connectivity index (χ3v) is 9.80. The molecule has 4 aromatic carbocycles. The van der Waals surface area contributed by atoms with E-state index < -0.39 is 17.1 Å². The van der Waals surface area contributed by atoms with Crippen LogP contribution in [0.4, 0.5) is 10.8 Å². The third kappa shape index (κ3) is 9.16. The minimum absolute atomic E-state index is 0.0320. The summed E-state index contributed by atoms with van der Waals surface area (Å²) < 4.78 is 0. The Kier molecular flexibility index (Phi) is 11.6. The summed E-state index contributed by atoms with van der Waals surface area (Å²) in [5.41, 5.74) is 2.64. The number of nitrogens with one attached hydrogen (secondary N) is 3. The molecule has 0 saturated heterocycles. The molecule has 0 bridgehead atoms. The van der Waals surface area contributed by atoms with Crippen molar-refractivity contribution >= 4 is 104 Å². The Hall–Kier alpha value is -3.83. The SMILES string of the molecule is CC(Sc1ccc(NC(=O)/C(=C/c2cccc(Cl)c2Cl)NC(=O)c2ccccc2)cc1)C(=O)Nc1nc(-c2ccc(Cl)cc2Cl)cs1. The first-order chi connectivity index (χ1) is 22.6. The highest BCUT2D eigenvalue weighted by molar-refractivity contribution is 8.00. The first kappa shape index (κ1) is 34.5. The van der Waals surface area contributed by atoms with E-state index in [1.807, 2.05) is 5.38 Å². The quantitative estimate of drug-likeness (QED) is 0.0978. The fourth-order valence-electron chi connectivity index (χ4n) is 4.16. The van der Waals surface area contributed by atoms with Crippen LogP contribution in [0.25, 0.3) is 17.3 Å². The fourth-order valence-corrected chi connectivity index (χ4v) is 6.61. The average Bonchev–Trinajstić information content (AvgIpc) is 3.52. The standard InChI is InChI=1S/C34H24Cl4N4O3S2/c1-19(31(43)42-34-41-29(18-46-34)25-15-10-22(35)17-27(25)37)47-24-13-11-23(12-14-24)39-33(45)28(16-21-8-5-9-26(36)30(21)38)40-32(44)20-6-3-2-4-7-20/h2-19H,1H3,(H,39,45)(H,40,44)(H,41,42,43)/b28-16-. The minimum Gasteiger partial charge on any atom is -0.321 e. The molecule has 1 atom stereocenters. The van der Waals surface area contributed by atoms with Gasteiger partial charge in [0.25, 0.3) is 11.8 Å². The fraction of sp³-hybridized carbons (Fsp3) is 0.0588. The van der Waals surface area contributed by atoms with Gasteiger partial charge in [0.15, 0.2) is 5.13 Å². The highest BCUT2D eigenvalue weighted by Crippen LogP contribution is 2.33. The molecule has 5 rings (SSSR count). The molecule has 47 heavy (non-hydrogen) atoms. The second kappa shape index (κ2) is 15.8. The van der Waals surface area contributed by atoms with E-state index in [2.05, 4.69) is 20.9 Å². The highest BCUT2D eigenvalue weighted by Gasteiger charge is 2.19. The molecule has 0 fully saturated rings. The average molecular weight is 743 g/mol. The van der Waals surface area contributed by atoms with E-state index in [-0.39, 0.29) is 16.6 Å². The summed E-state index contributed by atoms with van der Waals surface area (Å²) >= 11 is 27.4. The van der Waals surface area contributed by atoms with Crippen molar-refractivity contribution in [3.63, 3.8) is 0 Å². The molecular weight excluding hydrogens is 718 g/mol. The van der Waals surface area contributed by atoms with Gasteiger partial charge < -0.3 is 16.0 Å². The predicted molar refractivity (Wildman–Crippen MR) is 195 cm³/mol. The van der Waals surface area contributed by atoms with Gasteiger partial charge in [-0.05, 0) is 79.2 Å². The summed E-state index contributed by atoms with van der Waals surface area (Å²) in [5, 5.41) is 11.7. The van der Waals surface area contributed by atoms with Crippen molar-refractivity contribution in [1.82, 2.24) is 10.3 Å². The molecule has 238 valence electrons. The second-order valence-corrected chi connectivity index (χ2v) is 13.8. The number of benzene rings is 4. The lowest BCUT2D eigenvalue weighted by molar-refractivity contribution is -0.115. The summed E-state index contributed by atoms with van der Waals surface area (Å²) in [6.07, 6.45) is 1.46. The number of nitrogens with zero attached hydrogens (tertiary/aromatic N) is 1. The molecular formula is C34H24Cl4N4O3S2. The van der Waals surface area contributed by atoms with E-state index in [0.29, 0.717) is 42.7 Å². The number of hydrogen-bond donors (Lipinski definition) is 3. The van der Waals surface area contributed by atoms with Crippen molar-refractivity contribution in [2.45, 2.75) is 17.1 Å². The molecule has 3 amide bonds. The van der Waals surface area contributed by atoms with Gasteiger partial charge in [-0.2, -0.15) is 0 Å². The summed E-state index contributed by atoms with van der Waals surface area (Å²) in [7, 11) is 0. The van der Waals surface area contributed by atoms with Gasteiger partial charge in [-0.3, -0.25) is 14.4 Å². The lowest BCUT2D eigenvalue weighted by Gasteiger charge is -2.13. The molecule has 0 spiro atoms. The van der Waals surface area contributed by atoms with Crippen molar-refractivity contribution in [1.29, 1.82) is 0 Å². The molecule has 0 aliphatic rings. The Morgan fingerprint density at radius 2 is 1.60 bits per heavy atom. The van der Waals surface area contributed by atoms with Crippen molar-refractivity contribution in [3.8, 4) is 11.3 Å². The molecule has 7 nitrogen and oxygen atoms in total. The predicted octanol–water partition coefficient (Wildman–Crippen LogP) is 9.95. The zero-order valence-electron chi connectivity index (χ0n) is 24.4. The summed E-state index contributed by atoms with van der Waals surface area (Å²) in [6, 6.07) is 25.7. The molecule has 1 heterocycles. The number of aromatic nitrogens is 1. The summed E-state index contributed by atoms with van der Waals surface area (Å²) in [6.45, 7) is 1.79. The van der Waals surface area contributed by atoms with Crippen LogP contribution in [0.3, 0.4) is 0 Å². The van der Waals surface area contributed by atoms with Gasteiger partial charge in [0.2, 0.25) is 5.91 Å². The molecule has 13 heteroatoms. The molecule has 0 saturated carbocycles. The Morgan fingerprint density at radius 1 is 0.851 bits per heavy atom. The van der Waals surface area contributed by atoms with Crippen molar-refractivity contribution in [3.05, 3.63) is 133 Å². The number of carbonyl (C=O) groups excluding carboxylic acids is 3. The Bertz CT molecular complexity index is 1970. The van der Waals surface area contributed by atoms with Gasteiger partial charge in [0.05, 0.1) is 26.0 Å². The van der Waals surface area contributed by atoms with Gasteiger partial charge in [-0.15, -0.1) is 23.1 Å². The molecule has 0 aliphatic carbocycles. The lowest BCUT2D eigenvalue weighted by atomic mass is 10.1. The summed E-state index contributed by atoms with van der Waals surface area (Å²) in [4.78, 5) is 44.5. The van der Waals surface area contributed by atoms with Crippen molar-refractivity contribution in [2.75, 3.05) is 10.6 Å². The maximum absolute atomic E-state index is 13.4.